The number of benzene rings is 1. The van der Waals surface area contributed by atoms with E-state index in [4.69, 9.17) is 9.47 Å². The van der Waals surface area contributed by atoms with Crippen LogP contribution in [0.4, 0.5) is 10.5 Å². The van der Waals surface area contributed by atoms with Crippen LogP contribution in [0.1, 0.15) is 32.4 Å². The summed E-state index contributed by atoms with van der Waals surface area (Å²) in [5.41, 5.74) is 1.25. The van der Waals surface area contributed by atoms with Crippen LogP contribution < -0.4 is 10.1 Å². The third-order valence-electron chi connectivity index (χ3n) is 6.79. The highest BCUT2D eigenvalue weighted by Crippen LogP contribution is 2.23. The van der Waals surface area contributed by atoms with E-state index in [1.165, 1.54) is 0 Å². The predicted octanol–water partition coefficient (Wildman–Crippen LogP) is 3.15. The summed E-state index contributed by atoms with van der Waals surface area (Å²) in [5, 5.41) is 21.0. The van der Waals surface area contributed by atoms with E-state index in [2.05, 4.69) is 20.6 Å². The number of amides is 3. The molecule has 3 heterocycles. The van der Waals surface area contributed by atoms with Gasteiger partial charge >= 0.3 is 6.03 Å². The van der Waals surface area contributed by atoms with Gasteiger partial charge < -0.3 is 29.7 Å². The number of hydrogen-bond donors (Lipinski definition) is 2. The molecule has 214 valence electrons. The van der Waals surface area contributed by atoms with Crippen molar-refractivity contribution in [2.75, 3.05) is 32.1 Å². The number of ether oxygens (including phenoxy) is 2. The lowest BCUT2D eigenvalue weighted by Gasteiger charge is -2.35. The van der Waals surface area contributed by atoms with Crippen LogP contribution in [-0.2, 0) is 22.7 Å². The normalized spacial score (nSPS) is 19.1. The number of rotatable bonds is 7. The topological polar surface area (TPSA) is 135 Å². The van der Waals surface area contributed by atoms with E-state index in [1.54, 1.807) is 64.1 Å². The molecular weight excluding hydrogens is 514 g/mol. The first-order valence-electron chi connectivity index (χ1n) is 13.4. The van der Waals surface area contributed by atoms with Crippen molar-refractivity contribution in [3.63, 3.8) is 0 Å². The second-order valence-electron chi connectivity index (χ2n) is 10.1. The van der Waals surface area contributed by atoms with Crippen molar-refractivity contribution in [3.05, 3.63) is 60.6 Å². The number of hydrogen-bond acceptors (Lipinski definition) is 8. The molecule has 4 rings (SSSR count). The van der Waals surface area contributed by atoms with Gasteiger partial charge in [0.05, 0.1) is 31.6 Å². The zero-order chi connectivity index (χ0) is 28.5. The van der Waals surface area contributed by atoms with Crippen molar-refractivity contribution in [2.24, 2.45) is 5.92 Å². The summed E-state index contributed by atoms with van der Waals surface area (Å²) in [6, 6.07) is 11.8. The summed E-state index contributed by atoms with van der Waals surface area (Å²) < 4.78 is 13.7. The number of aliphatic hydroxyl groups is 1. The van der Waals surface area contributed by atoms with Crippen molar-refractivity contribution >= 4 is 17.6 Å². The van der Waals surface area contributed by atoms with Crippen LogP contribution in [0.25, 0.3) is 0 Å². The number of nitrogens with one attached hydrogen (secondary N) is 1. The molecule has 0 aliphatic carbocycles. The third kappa shape index (κ3) is 7.99. The predicted molar refractivity (Wildman–Crippen MR) is 148 cm³/mol. The second kappa shape index (κ2) is 13.9. The SMILES string of the molecule is C[C@@H]1CN([C@@H](C)CO)C(=O)CCCn2cc(nn2)CO[C@H]1CN(C)C(=O)Nc1cccc(Oc2ccccn2)c1. The standard InChI is InChI=1S/C28H37N7O5/c1-20-15-35(21(2)18-36)27(37)11-7-13-34-16-23(31-32-34)19-39-25(20)17-33(3)28(38)30-22-8-6-9-24(14-22)40-26-10-4-5-12-29-26/h4-6,8-10,12,14,16,20-21,25,36H,7,11,13,15,17-19H2,1-3H3,(H,30,38)/t20-,21+,25+/m1/s1. The van der Waals surface area contributed by atoms with E-state index in [0.29, 0.717) is 48.9 Å². The molecule has 12 heteroatoms. The minimum absolute atomic E-state index is 0.0364. The van der Waals surface area contributed by atoms with Gasteiger partial charge in [0.2, 0.25) is 11.8 Å². The largest absolute Gasteiger partial charge is 0.439 e. The Morgan fingerprint density at radius 2 is 2.15 bits per heavy atom. The Morgan fingerprint density at radius 3 is 2.92 bits per heavy atom. The molecule has 2 bridgehead atoms. The maximum absolute atomic E-state index is 13.1. The summed E-state index contributed by atoms with van der Waals surface area (Å²) in [6.45, 7) is 5.11. The lowest BCUT2D eigenvalue weighted by atomic mass is 10.0. The molecule has 0 unspecified atom stereocenters. The van der Waals surface area contributed by atoms with Gasteiger partial charge in [0.1, 0.15) is 11.4 Å². The van der Waals surface area contributed by atoms with Crippen molar-refractivity contribution in [1.29, 1.82) is 0 Å². The van der Waals surface area contributed by atoms with Gasteiger partial charge in [-0.1, -0.05) is 24.3 Å². The molecular formula is C28H37N7O5. The van der Waals surface area contributed by atoms with Gasteiger partial charge in [-0.2, -0.15) is 0 Å². The van der Waals surface area contributed by atoms with Crippen LogP contribution >= 0.6 is 0 Å². The van der Waals surface area contributed by atoms with Crippen molar-refractivity contribution < 1.29 is 24.2 Å². The third-order valence-corrected chi connectivity index (χ3v) is 6.79. The highest BCUT2D eigenvalue weighted by Gasteiger charge is 2.29. The quantitative estimate of drug-likeness (QED) is 0.457. The van der Waals surface area contributed by atoms with Gasteiger partial charge in [0, 0.05) is 63.0 Å². The summed E-state index contributed by atoms with van der Waals surface area (Å²) in [4.78, 5) is 33.6. The van der Waals surface area contributed by atoms with Crippen LogP contribution in [0, 0.1) is 5.92 Å². The molecule has 12 nitrogen and oxygen atoms in total. The van der Waals surface area contributed by atoms with Gasteiger partial charge in [-0.05, 0) is 31.5 Å². The van der Waals surface area contributed by atoms with E-state index in [-0.39, 0.29) is 43.7 Å². The fourth-order valence-corrected chi connectivity index (χ4v) is 4.43. The Hall–Kier alpha value is -4.03. The summed E-state index contributed by atoms with van der Waals surface area (Å²) >= 11 is 0. The number of pyridine rings is 1. The number of nitrogens with zero attached hydrogens (tertiary/aromatic N) is 6. The number of anilines is 1. The van der Waals surface area contributed by atoms with Crippen LogP contribution in [-0.4, -0.2) is 85.7 Å². The fraction of sp³-hybridized carbons (Fsp3) is 0.464. The molecule has 1 aliphatic heterocycles. The average molecular weight is 552 g/mol. The number of likely N-dealkylation sites (N-methyl/N-ethyl adjacent to an activating group) is 1. The molecule has 0 radical (unpaired) electrons. The molecule has 40 heavy (non-hydrogen) atoms. The van der Waals surface area contributed by atoms with E-state index < -0.39 is 6.10 Å². The van der Waals surface area contributed by atoms with Gasteiger partial charge in [0.15, 0.2) is 0 Å². The summed E-state index contributed by atoms with van der Waals surface area (Å²) in [7, 11) is 1.69. The smallest absolute Gasteiger partial charge is 0.321 e. The van der Waals surface area contributed by atoms with Crippen molar-refractivity contribution in [1.82, 2.24) is 29.8 Å². The monoisotopic (exact) mass is 551 g/mol. The van der Waals surface area contributed by atoms with Crippen LogP contribution in [0.15, 0.2) is 54.9 Å². The molecule has 2 N–H and O–H groups in total. The second-order valence-corrected chi connectivity index (χ2v) is 10.1. The van der Waals surface area contributed by atoms with Crippen molar-refractivity contribution in [2.45, 2.75) is 52.0 Å². The maximum Gasteiger partial charge on any atom is 0.321 e. The number of aryl methyl sites for hydroxylation is 1. The van der Waals surface area contributed by atoms with E-state index >= 15 is 0 Å². The van der Waals surface area contributed by atoms with E-state index in [1.807, 2.05) is 26.1 Å². The van der Waals surface area contributed by atoms with Gasteiger partial charge in [-0.25, -0.2) is 9.78 Å². The van der Waals surface area contributed by atoms with Crippen LogP contribution in [0.3, 0.4) is 0 Å². The summed E-state index contributed by atoms with van der Waals surface area (Å²) in [5.74, 6) is 0.822. The number of carbonyl (C=O) groups excluding carboxylic acids is 2. The van der Waals surface area contributed by atoms with Crippen molar-refractivity contribution in [3.8, 4) is 11.6 Å². The Morgan fingerprint density at radius 1 is 1.30 bits per heavy atom. The molecule has 0 fully saturated rings. The number of carbonyl (C=O) groups is 2. The first kappa shape index (κ1) is 29.0. The molecule has 0 spiro atoms. The molecule has 0 saturated carbocycles. The van der Waals surface area contributed by atoms with Crippen LogP contribution in [0.5, 0.6) is 11.6 Å². The van der Waals surface area contributed by atoms with Gasteiger partial charge in [-0.3, -0.25) is 9.48 Å². The lowest BCUT2D eigenvalue weighted by Crippen LogP contribution is -2.48. The van der Waals surface area contributed by atoms with Gasteiger partial charge in [-0.15, -0.1) is 5.10 Å². The van der Waals surface area contributed by atoms with E-state index in [9.17, 15) is 14.7 Å². The molecule has 1 aliphatic rings. The Kier molecular flexibility index (Phi) is 10.0. The number of urea groups is 1. The Bertz CT molecular complexity index is 1250. The zero-order valence-electron chi connectivity index (χ0n) is 23.1. The summed E-state index contributed by atoms with van der Waals surface area (Å²) in [6.07, 6.45) is 4.00. The molecule has 2 aromatic heterocycles. The highest BCUT2D eigenvalue weighted by molar-refractivity contribution is 5.89. The maximum atomic E-state index is 13.1. The lowest BCUT2D eigenvalue weighted by molar-refractivity contribution is -0.136. The average Bonchev–Trinajstić information content (AvgIpc) is 3.41. The molecule has 0 saturated heterocycles. The first-order valence-corrected chi connectivity index (χ1v) is 13.4. The zero-order valence-corrected chi connectivity index (χ0v) is 23.1. The number of aromatic nitrogens is 4. The highest BCUT2D eigenvalue weighted by atomic mass is 16.5. The molecule has 3 atom stereocenters. The van der Waals surface area contributed by atoms with E-state index in [0.717, 1.165) is 0 Å². The minimum atomic E-state index is -0.415. The molecule has 1 aromatic carbocycles. The molecule has 3 amide bonds. The van der Waals surface area contributed by atoms with Gasteiger partial charge in [0.25, 0.3) is 0 Å². The Balaban J connectivity index is 1.44. The Labute approximate surface area is 233 Å². The minimum Gasteiger partial charge on any atom is -0.439 e. The number of fused-ring (bicyclic) bond motifs is 2. The van der Waals surface area contributed by atoms with Crippen LogP contribution in [0.2, 0.25) is 0 Å². The fourth-order valence-electron chi connectivity index (χ4n) is 4.43. The first-order chi connectivity index (χ1) is 19.3. The number of aliphatic hydroxyl groups excluding tert-OH is 1. The molecule has 3 aromatic rings.